The summed E-state index contributed by atoms with van der Waals surface area (Å²) < 4.78 is 0. The second-order valence-electron chi connectivity index (χ2n) is 5.36. The van der Waals surface area contributed by atoms with Crippen molar-refractivity contribution in [1.29, 1.82) is 0 Å². The Morgan fingerprint density at radius 2 is 2.00 bits per heavy atom. The van der Waals surface area contributed by atoms with Crippen molar-refractivity contribution in [3.05, 3.63) is 35.9 Å². The van der Waals surface area contributed by atoms with Crippen LogP contribution in [0.1, 0.15) is 38.7 Å². The smallest absolute Gasteiger partial charge is 0.185 e. The zero-order valence-corrected chi connectivity index (χ0v) is 12.6. The highest BCUT2D eigenvalue weighted by Crippen LogP contribution is 2.17. The van der Waals surface area contributed by atoms with E-state index in [4.69, 9.17) is 12.2 Å². The van der Waals surface area contributed by atoms with Crippen LogP contribution in [0.15, 0.2) is 30.3 Å². The van der Waals surface area contributed by atoms with Gasteiger partial charge in [-0.1, -0.05) is 43.7 Å². The number of nitrogens with one attached hydrogen (secondary N) is 2. The molecule has 1 saturated heterocycles. The van der Waals surface area contributed by atoms with Crippen LogP contribution in [0.4, 0.5) is 0 Å². The average molecular weight is 277 g/mol. The van der Waals surface area contributed by atoms with E-state index in [0.29, 0.717) is 0 Å². The highest BCUT2D eigenvalue weighted by Gasteiger charge is 2.34. The first-order valence-electron chi connectivity index (χ1n) is 7.04. The lowest BCUT2D eigenvalue weighted by Crippen LogP contribution is -2.48. The molecular weight excluding hydrogens is 254 g/mol. The van der Waals surface area contributed by atoms with E-state index in [-0.39, 0.29) is 5.66 Å². The van der Waals surface area contributed by atoms with Crippen LogP contribution in [0, 0.1) is 0 Å². The molecule has 1 atom stereocenters. The van der Waals surface area contributed by atoms with Gasteiger partial charge in [-0.2, -0.15) is 0 Å². The number of hydrogen-bond donors (Lipinski definition) is 2. The maximum atomic E-state index is 5.39. The van der Waals surface area contributed by atoms with Gasteiger partial charge in [-0.15, -0.1) is 0 Å². The summed E-state index contributed by atoms with van der Waals surface area (Å²) in [5, 5.41) is 6.30. The minimum atomic E-state index is -0.124. The summed E-state index contributed by atoms with van der Waals surface area (Å²) in [7, 11) is 0. The Hall–Kier alpha value is -1.13. The van der Waals surface area contributed by atoms with Crippen LogP contribution in [-0.2, 0) is 6.42 Å². The van der Waals surface area contributed by atoms with Crippen molar-refractivity contribution in [3.8, 4) is 0 Å². The van der Waals surface area contributed by atoms with Crippen molar-refractivity contribution in [3.63, 3.8) is 0 Å². The Morgan fingerprint density at radius 1 is 1.26 bits per heavy atom. The van der Waals surface area contributed by atoms with Gasteiger partial charge in [0.05, 0.1) is 0 Å². The molecule has 1 aromatic carbocycles. The topological polar surface area (TPSA) is 27.3 Å². The molecule has 0 amide bonds. The monoisotopic (exact) mass is 277 g/mol. The van der Waals surface area contributed by atoms with Crippen molar-refractivity contribution >= 4 is 17.3 Å². The van der Waals surface area contributed by atoms with Gasteiger partial charge in [0.1, 0.15) is 5.66 Å². The van der Waals surface area contributed by atoms with Crippen LogP contribution < -0.4 is 10.7 Å². The maximum Gasteiger partial charge on any atom is 0.185 e. The van der Waals surface area contributed by atoms with Gasteiger partial charge in [0.15, 0.2) is 5.11 Å². The van der Waals surface area contributed by atoms with E-state index in [0.717, 1.165) is 30.9 Å². The van der Waals surface area contributed by atoms with Crippen molar-refractivity contribution in [2.45, 2.75) is 45.2 Å². The lowest BCUT2D eigenvalue weighted by Gasteiger charge is -2.25. The average Bonchev–Trinajstić information content (AvgIpc) is 2.71. The summed E-state index contributed by atoms with van der Waals surface area (Å²) in [4.78, 5) is 0. The minimum absolute atomic E-state index is 0.124. The molecule has 1 aliphatic heterocycles. The largest absolute Gasteiger partial charge is 0.342 e. The van der Waals surface area contributed by atoms with Crippen LogP contribution in [0.25, 0.3) is 0 Å². The number of hydrogen-bond acceptors (Lipinski definition) is 2. The molecule has 1 aliphatic rings. The third-order valence-electron chi connectivity index (χ3n) is 3.50. The molecule has 1 unspecified atom stereocenters. The first-order chi connectivity index (χ1) is 9.13. The molecule has 0 saturated carbocycles. The molecule has 0 bridgehead atoms. The molecule has 1 heterocycles. The van der Waals surface area contributed by atoms with E-state index in [1.807, 2.05) is 0 Å². The Labute approximate surface area is 121 Å². The molecule has 104 valence electrons. The predicted molar refractivity (Wildman–Crippen MR) is 83.7 cm³/mol. The van der Waals surface area contributed by atoms with Gasteiger partial charge in [-0.25, -0.2) is 5.43 Å². The Bertz CT molecular complexity index is 421. The van der Waals surface area contributed by atoms with Crippen LogP contribution in [0.2, 0.25) is 0 Å². The van der Waals surface area contributed by atoms with Crippen molar-refractivity contribution in [2.24, 2.45) is 0 Å². The minimum Gasteiger partial charge on any atom is -0.342 e. The molecule has 0 aromatic heterocycles. The van der Waals surface area contributed by atoms with Gasteiger partial charge >= 0.3 is 0 Å². The van der Waals surface area contributed by atoms with E-state index in [1.54, 1.807) is 0 Å². The lowest BCUT2D eigenvalue weighted by atomic mass is 10.0. The predicted octanol–water partition coefficient (Wildman–Crippen LogP) is 2.83. The van der Waals surface area contributed by atoms with Crippen molar-refractivity contribution in [2.75, 3.05) is 6.54 Å². The second kappa shape index (κ2) is 6.35. The van der Waals surface area contributed by atoms with Gasteiger partial charge < -0.3 is 5.32 Å². The number of unbranched alkanes of at least 4 members (excludes halogenated alkanes) is 1. The Kier molecular flexibility index (Phi) is 4.77. The van der Waals surface area contributed by atoms with E-state index in [1.165, 1.54) is 12.0 Å². The van der Waals surface area contributed by atoms with Crippen LogP contribution >= 0.6 is 12.2 Å². The molecule has 2 rings (SSSR count). The third kappa shape index (κ3) is 3.91. The van der Waals surface area contributed by atoms with E-state index in [9.17, 15) is 0 Å². The second-order valence-corrected chi connectivity index (χ2v) is 5.75. The summed E-state index contributed by atoms with van der Waals surface area (Å²) in [5.41, 5.74) is 4.74. The van der Waals surface area contributed by atoms with Crippen molar-refractivity contribution in [1.82, 2.24) is 15.8 Å². The highest BCUT2D eigenvalue weighted by molar-refractivity contribution is 7.80. The SMILES string of the molecule is CCCCN1NC(C)(CCc2ccccc2)NC1=S. The molecule has 3 nitrogen and oxygen atoms in total. The van der Waals surface area contributed by atoms with Gasteiger partial charge in [-0.3, -0.25) is 5.01 Å². The number of rotatable bonds is 6. The fourth-order valence-corrected chi connectivity index (χ4v) is 2.67. The van der Waals surface area contributed by atoms with E-state index < -0.39 is 0 Å². The summed E-state index contributed by atoms with van der Waals surface area (Å²) >= 11 is 5.39. The van der Waals surface area contributed by atoms with Crippen LogP contribution in [-0.4, -0.2) is 22.3 Å². The highest BCUT2D eigenvalue weighted by atomic mass is 32.1. The van der Waals surface area contributed by atoms with Crippen molar-refractivity contribution < 1.29 is 0 Å². The number of thiocarbonyl (C=S) groups is 1. The zero-order valence-electron chi connectivity index (χ0n) is 11.8. The lowest BCUT2D eigenvalue weighted by molar-refractivity contribution is 0.220. The summed E-state index contributed by atoms with van der Waals surface area (Å²) in [5.74, 6) is 0. The summed E-state index contributed by atoms with van der Waals surface area (Å²) in [6, 6.07) is 10.6. The number of nitrogens with zero attached hydrogens (tertiary/aromatic N) is 1. The molecule has 4 heteroatoms. The van der Waals surface area contributed by atoms with E-state index >= 15 is 0 Å². The summed E-state index contributed by atoms with van der Waals surface area (Å²) in [6.45, 7) is 5.35. The summed E-state index contributed by atoms with van der Waals surface area (Å²) in [6.07, 6.45) is 4.40. The molecule has 2 N–H and O–H groups in total. The van der Waals surface area contributed by atoms with Gasteiger partial charge in [0.2, 0.25) is 0 Å². The van der Waals surface area contributed by atoms with E-state index in [2.05, 4.69) is 59.9 Å². The fraction of sp³-hybridized carbons (Fsp3) is 0.533. The maximum absolute atomic E-state index is 5.39. The van der Waals surface area contributed by atoms with Gasteiger partial charge in [-0.05, 0) is 44.0 Å². The molecule has 0 aliphatic carbocycles. The quantitative estimate of drug-likeness (QED) is 0.782. The number of benzene rings is 1. The number of aryl methyl sites for hydroxylation is 1. The van der Waals surface area contributed by atoms with Gasteiger partial charge in [0.25, 0.3) is 0 Å². The number of hydrazine groups is 1. The Morgan fingerprint density at radius 3 is 2.68 bits per heavy atom. The first kappa shape index (κ1) is 14.3. The molecule has 1 fully saturated rings. The molecule has 0 radical (unpaired) electrons. The fourth-order valence-electron chi connectivity index (χ4n) is 2.31. The Balaban J connectivity index is 1.88. The molecule has 1 aromatic rings. The first-order valence-corrected chi connectivity index (χ1v) is 7.45. The normalized spacial score (nSPS) is 22.6. The third-order valence-corrected chi connectivity index (χ3v) is 3.82. The molecular formula is C15H23N3S. The standard InChI is InChI=1S/C15H23N3S/c1-3-4-12-18-14(19)16-15(2,17-18)11-10-13-8-6-5-7-9-13/h5-9,17H,3-4,10-12H2,1-2H3,(H,16,19). The van der Waals surface area contributed by atoms with Gasteiger partial charge in [0, 0.05) is 6.54 Å². The zero-order chi connectivity index (χ0) is 13.7. The molecule has 0 spiro atoms. The molecule has 19 heavy (non-hydrogen) atoms. The van der Waals surface area contributed by atoms with Crippen LogP contribution in [0.5, 0.6) is 0 Å². The van der Waals surface area contributed by atoms with Crippen LogP contribution in [0.3, 0.4) is 0 Å².